The van der Waals surface area contributed by atoms with Crippen molar-refractivity contribution in [1.29, 1.82) is 0 Å². The normalized spacial score (nSPS) is 15.6. The van der Waals surface area contributed by atoms with Crippen LogP contribution in [0.15, 0.2) is 46.3 Å². The smallest absolute Gasteiger partial charge is 0.253 e. The number of amides is 1. The Labute approximate surface area is 278 Å². The van der Waals surface area contributed by atoms with Crippen LogP contribution in [0.3, 0.4) is 0 Å². The van der Waals surface area contributed by atoms with Gasteiger partial charge in [0.2, 0.25) is 6.41 Å². The monoisotopic (exact) mass is 632 g/mol. The third-order valence-electron chi connectivity index (χ3n) is 8.87. The molecule has 1 saturated heterocycles. The summed E-state index contributed by atoms with van der Waals surface area (Å²) >= 11 is 0. The number of allylic oxidation sites excluding steroid dienone is 2. The summed E-state index contributed by atoms with van der Waals surface area (Å²) in [5.74, 6) is 0. The Morgan fingerprint density at radius 3 is 2.30 bits per heavy atom. The number of aliphatic imine (C=N–C) groups is 1. The molecule has 1 amide bonds. The summed E-state index contributed by atoms with van der Waals surface area (Å²) in [7, 11) is 4.38. The van der Waals surface area contributed by atoms with E-state index >= 15 is 0 Å². The van der Waals surface area contributed by atoms with E-state index in [0.717, 1.165) is 42.4 Å². The number of aromatic amines is 1. The number of hydrogen-bond donors (Lipinski definition) is 3. The van der Waals surface area contributed by atoms with Crippen LogP contribution in [0.5, 0.6) is 0 Å². The number of hydrogen-bond acceptors (Lipinski definition) is 6. The third-order valence-corrected chi connectivity index (χ3v) is 8.87. The number of nitrogens with zero attached hydrogens (tertiary/aromatic N) is 3. The first-order chi connectivity index (χ1) is 22.1. The van der Waals surface area contributed by atoms with Gasteiger partial charge in [0.15, 0.2) is 0 Å². The van der Waals surface area contributed by atoms with Gasteiger partial charge < -0.3 is 25.4 Å². The van der Waals surface area contributed by atoms with Gasteiger partial charge in [-0.25, -0.2) is 0 Å². The Bertz CT molecular complexity index is 1330. The topological polar surface area (TPSA) is 92.8 Å². The highest BCUT2D eigenvalue weighted by molar-refractivity contribution is 5.77. The van der Waals surface area contributed by atoms with E-state index in [0.29, 0.717) is 12.0 Å². The summed E-state index contributed by atoms with van der Waals surface area (Å²) in [4.78, 5) is 33.0. The Balaban J connectivity index is 0.000000278. The molecule has 46 heavy (non-hydrogen) atoms. The standard InChI is InChI=1S/C21H31N3.C9H12N2O2.C8H17N/c1-5-23-21-15-20(14-17(2)18(21)3)19(16-22-4)10-6-7-11-24-12-8-9-13-24;1-6-3-7(2)11-9(13)8(6)4-10-5-12;1-9(2)8-6-4-3-5-7-8/h6,10,14-16,23H,4-5,7-9,11-13H2,1-3H3;3,5H,4H2,1-2H3,(H,10,12)(H,11,13);8H,3-7H2,1-2H3/b10-6-,19-16+;;. The number of carbonyl (C=O) groups excluding carboxylic acids is 1. The van der Waals surface area contributed by atoms with Crippen molar-refractivity contribution in [1.82, 2.24) is 20.1 Å². The number of pyridine rings is 1. The molecular weight excluding hydrogens is 572 g/mol. The lowest BCUT2D eigenvalue weighted by Gasteiger charge is -2.27. The molecule has 8 heteroatoms. The van der Waals surface area contributed by atoms with E-state index in [1.54, 1.807) is 0 Å². The van der Waals surface area contributed by atoms with E-state index in [4.69, 9.17) is 0 Å². The molecule has 0 spiro atoms. The molecule has 8 nitrogen and oxygen atoms in total. The van der Waals surface area contributed by atoms with E-state index in [2.05, 4.69) is 96.3 Å². The van der Waals surface area contributed by atoms with Crippen LogP contribution in [0.4, 0.5) is 5.69 Å². The molecule has 4 rings (SSSR count). The van der Waals surface area contributed by atoms with Crippen molar-refractivity contribution in [2.75, 3.05) is 45.6 Å². The second-order valence-corrected chi connectivity index (χ2v) is 12.7. The van der Waals surface area contributed by atoms with Crippen molar-refractivity contribution in [2.24, 2.45) is 4.99 Å². The van der Waals surface area contributed by atoms with Gasteiger partial charge in [0.1, 0.15) is 0 Å². The van der Waals surface area contributed by atoms with E-state index in [1.165, 1.54) is 80.4 Å². The van der Waals surface area contributed by atoms with Gasteiger partial charge in [-0.3, -0.25) is 14.6 Å². The van der Waals surface area contributed by atoms with Crippen LogP contribution in [-0.2, 0) is 11.3 Å². The number of anilines is 1. The van der Waals surface area contributed by atoms with Crippen molar-refractivity contribution in [3.8, 4) is 0 Å². The third kappa shape index (κ3) is 13.5. The highest BCUT2D eigenvalue weighted by Crippen LogP contribution is 2.27. The molecule has 0 bridgehead atoms. The fourth-order valence-electron chi connectivity index (χ4n) is 6.03. The van der Waals surface area contributed by atoms with Gasteiger partial charge in [-0.05, 0) is 141 Å². The maximum absolute atomic E-state index is 11.4. The maximum Gasteiger partial charge on any atom is 0.253 e. The van der Waals surface area contributed by atoms with Crippen LogP contribution < -0.4 is 16.2 Å². The molecule has 1 saturated carbocycles. The summed E-state index contributed by atoms with van der Waals surface area (Å²) < 4.78 is 0. The van der Waals surface area contributed by atoms with Gasteiger partial charge in [0.25, 0.3) is 5.56 Å². The summed E-state index contributed by atoms with van der Waals surface area (Å²) in [6.07, 6.45) is 17.9. The molecule has 254 valence electrons. The fourth-order valence-corrected chi connectivity index (χ4v) is 6.03. The minimum absolute atomic E-state index is 0.133. The largest absolute Gasteiger partial charge is 0.385 e. The van der Waals surface area contributed by atoms with Crippen LogP contribution in [-0.4, -0.2) is 74.2 Å². The van der Waals surface area contributed by atoms with E-state index < -0.39 is 0 Å². The maximum atomic E-state index is 11.4. The Hall–Kier alpha value is -3.49. The van der Waals surface area contributed by atoms with Gasteiger partial charge >= 0.3 is 0 Å². The summed E-state index contributed by atoms with van der Waals surface area (Å²) in [6, 6.07) is 7.22. The molecule has 2 aromatic rings. The van der Waals surface area contributed by atoms with Gasteiger partial charge in [-0.2, -0.15) is 0 Å². The highest BCUT2D eigenvalue weighted by atomic mass is 16.1. The number of carbonyl (C=O) groups is 1. The Morgan fingerprint density at radius 1 is 1.04 bits per heavy atom. The number of benzene rings is 1. The molecule has 0 unspecified atom stereocenters. The zero-order valence-electron chi connectivity index (χ0n) is 29.7. The molecule has 1 aromatic heterocycles. The fraction of sp³-hybridized carbons (Fsp3) is 0.553. The van der Waals surface area contributed by atoms with E-state index in [9.17, 15) is 9.59 Å². The molecule has 2 aliphatic rings. The van der Waals surface area contributed by atoms with Crippen molar-refractivity contribution in [2.45, 2.75) is 98.6 Å². The first-order valence-corrected chi connectivity index (χ1v) is 17.0. The minimum atomic E-state index is -0.133. The van der Waals surface area contributed by atoms with Crippen LogP contribution in [0.2, 0.25) is 0 Å². The number of rotatable bonds is 12. The first kappa shape index (κ1) is 38.7. The molecule has 1 aliphatic carbocycles. The second-order valence-electron chi connectivity index (χ2n) is 12.7. The number of aryl methyl sites for hydroxylation is 3. The van der Waals surface area contributed by atoms with Crippen LogP contribution >= 0.6 is 0 Å². The molecule has 1 aliphatic heterocycles. The average Bonchev–Trinajstić information content (AvgIpc) is 3.55. The van der Waals surface area contributed by atoms with Gasteiger partial charge in [0.05, 0.1) is 0 Å². The zero-order chi connectivity index (χ0) is 33.9. The van der Waals surface area contributed by atoms with Crippen molar-refractivity contribution < 1.29 is 4.79 Å². The molecule has 2 heterocycles. The minimum Gasteiger partial charge on any atom is -0.385 e. The Morgan fingerprint density at radius 2 is 1.74 bits per heavy atom. The lowest BCUT2D eigenvalue weighted by atomic mass is 9.95. The predicted octanol–water partition coefficient (Wildman–Crippen LogP) is 6.94. The van der Waals surface area contributed by atoms with Gasteiger partial charge in [-0.1, -0.05) is 37.5 Å². The summed E-state index contributed by atoms with van der Waals surface area (Å²) in [5, 5.41) is 5.92. The SMILES string of the molecule is C=N/C=C(\C=C/CCN1CCCC1)c1cc(C)c(C)c(NCC)c1.CN(C)C1CCCCC1.Cc1cc(C)c(CNC=O)c(=O)[nH]1. The molecular formula is C38H60N6O2. The van der Waals surface area contributed by atoms with Crippen LogP contribution in [0.1, 0.15) is 91.8 Å². The quantitative estimate of drug-likeness (QED) is 0.134. The van der Waals surface area contributed by atoms with Gasteiger partial charge in [-0.15, -0.1) is 0 Å². The zero-order valence-corrected chi connectivity index (χ0v) is 29.7. The molecule has 2 fully saturated rings. The molecule has 3 N–H and O–H groups in total. The molecule has 0 radical (unpaired) electrons. The number of aromatic nitrogens is 1. The average molecular weight is 633 g/mol. The van der Waals surface area contributed by atoms with Crippen molar-refractivity contribution in [3.05, 3.63) is 80.4 Å². The number of H-pyrrole nitrogens is 1. The van der Waals surface area contributed by atoms with Crippen LogP contribution in [0, 0.1) is 27.7 Å². The van der Waals surface area contributed by atoms with Crippen molar-refractivity contribution in [3.63, 3.8) is 0 Å². The predicted molar refractivity (Wildman–Crippen MR) is 197 cm³/mol. The van der Waals surface area contributed by atoms with E-state index in [-0.39, 0.29) is 12.1 Å². The Kier molecular flexibility index (Phi) is 17.9. The number of nitrogens with one attached hydrogen (secondary N) is 3. The van der Waals surface area contributed by atoms with Crippen LogP contribution in [0.25, 0.3) is 5.57 Å². The summed E-state index contributed by atoms with van der Waals surface area (Å²) in [5.41, 5.74) is 8.33. The molecule has 0 atom stereocenters. The first-order valence-electron chi connectivity index (χ1n) is 17.0. The second kappa shape index (κ2) is 21.3. The highest BCUT2D eigenvalue weighted by Gasteiger charge is 2.14. The van der Waals surface area contributed by atoms with Gasteiger partial charge in [0, 0.05) is 48.8 Å². The number of likely N-dealkylation sites (tertiary alicyclic amines) is 1. The molecule has 1 aromatic carbocycles. The lowest BCUT2D eigenvalue weighted by Crippen LogP contribution is -2.29. The lowest BCUT2D eigenvalue weighted by molar-refractivity contribution is -0.109. The van der Waals surface area contributed by atoms with Crippen molar-refractivity contribution >= 4 is 24.4 Å². The van der Waals surface area contributed by atoms with E-state index in [1.807, 2.05) is 26.1 Å². The summed E-state index contributed by atoms with van der Waals surface area (Å²) in [6.45, 7) is 18.6.